The summed E-state index contributed by atoms with van der Waals surface area (Å²) < 4.78 is 5.03. The van der Waals surface area contributed by atoms with Gasteiger partial charge in [-0.15, -0.1) is 0 Å². The summed E-state index contributed by atoms with van der Waals surface area (Å²) in [7, 11) is 3.20. The highest BCUT2D eigenvalue weighted by atomic mass is 16.5. The van der Waals surface area contributed by atoms with E-state index in [-0.39, 0.29) is 17.7 Å². The van der Waals surface area contributed by atoms with Gasteiger partial charge in [0.15, 0.2) is 0 Å². The number of nitrogens with one attached hydrogen (secondary N) is 1. The van der Waals surface area contributed by atoms with Gasteiger partial charge in [-0.1, -0.05) is 6.07 Å². The van der Waals surface area contributed by atoms with E-state index >= 15 is 0 Å². The molecule has 0 aromatic carbocycles. The maximum Gasteiger partial charge on any atom is 0.269 e. The van der Waals surface area contributed by atoms with Gasteiger partial charge in [-0.25, -0.2) is 0 Å². The largest absolute Gasteiger partial charge is 0.384 e. The maximum absolute atomic E-state index is 12.4. The Labute approximate surface area is 171 Å². The lowest BCUT2D eigenvalue weighted by Gasteiger charge is -2.33. The maximum atomic E-state index is 12.4. The highest BCUT2D eigenvalue weighted by Crippen LogP contribution is 2.29. The molecule has 3 heterocycles. The zero-order valence-corrected chi connectivity index (χ0v) is 17.3. The minimum atomic E-state index is -0.205. The number of methoxy groups -OCH3 is 1. The lowest BCUT2D eigenvalue weighted by atomic mass is 9.92. The van der Waals surface area contributed by atoms with E-state index in [1.807, 2.05) is 24.0 Å². The molecule has 7 nitrogen and oxygen atoms in total. The Balaban J connectivity index is 1.80. The Morgan fingerprint density at radius 1 is 1.28 bits per heavy atom. The van der Waals surface area contributed by atoms with Crippen LogP contribution in [0.2, 0.25) is 0 Å². The first-order chi connectivity index (χ1) is 14.0. The molecule has 2 aromatic heterocycles. The topological polar surface area (TPSA) is 84.4 Å². The summed E-state index contributed by atoms with van der Waals surface area (Å²) in [6, 6.07) is 7.72. The zero-order chi connectivity index (χ0) is 20.8. The average molecular weight is 396 g/mol. The van der Waals surface area contributed by atoms with Gasteiger partial charge in [-0.3, -0.25) is 19.6 Å². The van der Waals surface area contributed by atoms with E-state index in [0.29, 0.717) is 25.3 Å². The summed E-state index contributed by atoms with van der Waals surface area (Å²) in [6.45, 7) is 3.91. The molecule has 2 amide bonds. The van der Waals surface area contributed by atoms with Crippen molar-refractivity contribution in [3.05, 3.63) is 47.5 Å². The van der Waals surface area contributed by atoms with Gasteiger partial charge in [0.25, 0.3) is 5.91 Å². The Bertz CT molecular complexity index is 867. The number of nitrogens with zero attached hydrogens (tertiary/aromatic N) is 3. The molecule has 0 saturated carbocycles. The number of amides is 2. The molecule has 1 aliphatic heterocycles. The van der Waals surface area contributed by atoms with Gasteiger partial charge in [0.2, 0.25) is 5.91 Å². The average Bonchev–Trinajstić information content (AvgIpc) is 2.76. The van der Waals surface area contributed by atoms with Crippen molar-refractivity contribution in [3.63, 3.8) is 0 Å². The fourth-order valence-electron chi connectivity index (χ4n) is 3.69. The monoisotopic (exact) mass is 396 g/mol. The lowest BCUT2D eigenvalue weighted by molar-refractivity contribution is -0.133. The fraction of sp³-hybridized carbons (Fsp3) is 0.455. The normalized spacial score (nSPS) is 16.5. The second-order valence-corrected chi connectivity index (χ2v) is 7.36. The smallest absolute Gasteiger partial charge is 0.269 e. The number of pyridine rings is 2. The zero-order valence-electron chi connectivity index (χ0n) is 17.3. The van der Waals surface area contributed by atoms with Crippen LogP contribution in [0.1, 0.15) is 47.1 Å². The van der Waals surface area contributed by atoms with Crippen LogP contribution in [0.3, 0.4) is 0 Å². The quantitative estimate of drug-likeness (QED) is 0.811. The van der Waals surface area contributed by atoms with Gasteiger partial charge in [0.1, 0.15) is 5.69 Å². The fourth-order valence-corrected chi connectivity index (χ4v) is 3.69. The van der Waals surface area contributed by atoms with Crippen molar-refractivity contribution in [2.45, 2.75) is 32.1 Å². The van der Waals surface area contributed by atoms with Gasteiger partial charge in [0, 0.05) is 56.3 Å². The molecule has 0 bridgehead atoms. The number of aromatic nitrogens is 2. The van der Waals surface area contributed by atoms with E-state index in [1.165, 1.54) is 0 Å². The third-order valence-corrected chi connectivity index (χ3v) is 5.24. The van der Waals surface area contributed by atoms with Crippen molar-refractivity contribution in [1.82, 2.24) is 20.2 Å². The first-order valence-corrected chi connectivity index (χ1v) is 9.95. The molecular weight excluding hydrogens is 368 g/mol. The van der Waals surface area contributed by atoms with Crippen LogP contribution in [0.5, 0.6) is 0 Å². The molecular formula is C22H28N4O3. The summed E-state index contributed by atoms with van der Waals surface area (Å²) in [4.78, 5) is 35.0. The molecule has 0 spiro atoms. The molecule has 7 heteroatoms. The summed E-state index contributed by atoms with van der Waals surface area (Å²) in [5.41, 5.74) is 4.27. The molecule has 0 aliphatic carbocycles. The lowest BCUT2D eigenvalue weighted by Crippen LogP contribution is -2.39. The van der Waals surface area contributed by atoms with E-state index in [1.54, 1.807) is 26.4 Å². The molecule has 154 valence electrons. The third-order valence-electron chi connectivity index (χ3n) is 5.24. The number of hydrogen-bond donors (Lipinski definition) is 1. The molecule has 0 radical (unpaired) electrons. The molecule has 1 fully saturated rings. The molecule has 1 saturated heterocycles. The molecule has 1 N–H and O–H groups in total. The number of piperidine rings is 1. The highest BCUT2D eigenvalue weighted by Gasteiger charge is 2.26. The first-order valence-electron chi connectivity index (χ1n) is 9.95. The van der Waals surface area contributed by atoms with Crippen LogP contribution in [0.15, 0.2) is 30.5 Å². The van der Waals surface area contributed by atoms with Crippen LogP contribution < -0.4 is 5.32 Å². The Morgan fingerprint density at radius 3 is 2.79 bits per heavy atom. The summed E-state index contributed by atoms with van der Waals surface area (Å²) in [6.07, 6.45) is 4.11. The number of aryl methyl sites for hydroxylation is 1. The van der Waals surface area contributed by atoms with E-state index in [2.05, 4.69) is 16.4 Å². The summed E-state index contributed by atoms with van der Waals surface area (Å²) in [5, 5.41) is 2.58. The number of hydrogen-bond acceptors (Lipinski definition) is 5. The molecule has 29 heavy (non-hydrogen) atoms. The van der Waals surface area contributed by atoms with Gasteiger partial charge in [-0.05, 0) is 43.5 Å². The van der Waals surface area contributed by atoms with Gasteiger partial charge >= 0.3 is 0 Å². The molecule has 2 aromatic rings. The summed E-state index contributed by atoms with van der Waals surface area (Å²) in [5.74, 6) is 0.147. The Morgan fingerprint density at radius 2 is 2.10 bits per heavy atom. The van der Waals surface area contributed by atoms with Gasteiger partial charge in [-0.2, -0.15) is 0 Å². The Kier molecular flexibility index (Phi) is 6.93. The first kappa shape index (κ1) is 20.9. The number of rotatable bonds is 6. The highest BCUT2D eigenvalue weighted by molar-refractivity contribution is 5.92. The van der Waals surface area contributed by atoms with Crippen LogP contribution >= 0.6 is 0 Å². The van der Waals surface area contributed by atoms with Crippen LogP contribution in [0.25, 0.3) is 11.1 Å². The van der Waals surface area contributed by atoms with Crippen LogP contribution in [0.4, 0.5) is 0 Å². The summed E-state index contributed by atoms with van der Waals surface area (Å²) >= 11 is 0. The van der Waals surface area contributed by atoms with Crippen LogP contribution in [-0.4, -0.2) is 60.5 Å². The van der Waals surface area contributed by atoms with Crippen LogP contribution in [0, 0.1) is 6.92 Å². The van der Waals surface area contributed by atoms with Crippen molar-refractivity contribution >= 4 is 11.8 Å². The number of likely N-dealkylation sites (tertiary alicyclic amines) is 1. The standard InChI is InChI=1S/C22H28N4O3/c1-15-11-18(16-6-7-19(24-13-16)22(28)23-2)12-20(25-15)17-5-4-9-26(14-17)21(27)8-10-29-3/h6-7,11-13,17H,4-5,8-10,14H2,1-3H3,(H,23,28)/t17-/m1/s1. The second-order valence-electron chi connectivity index (χ2n) is 7.36. The van der Waals surface area contributed by atoms with Crippen molar-refractivity contribution < 1.29 is 14.3 Å². The molecule has 1 aliphatic rings. The van der Waals surface area contributed by atoms with E-state index in [4.69, 9.17) is 9.72 Å². The SMILES string of the molecule is CNC(=O)c1ccc(-c2cc(C)nc([C@@H]3CCCN(C(=O)CCOC)C3)c2)cn1. The number of carbonyl (C=O) groups excluding carboxylic acids is 2. The predicted octanol–water partition coefficient (Wildman–Crippen LogP) is 2.55. The van der Waals surface area contributed by atoms with Gasteiger partial charge < -0.3 is 15.0 Å². The molecule has 0 unspecified atom stereocenters. The van der Waals surface area contributed by atoms with E-state index in [0.717, 1.165) is 41.9 Å². The van der Waals surface area contributed by atoms with E-state index in [9.17, 15) is 9.59 Å². The van der Waals surface area contributed by atoms with Gasteiger partial charge in [0.05, 0.1) is 13.0 Å². The van der Waals surface area contributed by atoms with Crippen molar-refractivity contribution in [1.29, 1.82) is 0 Å². The van der Waals surface area contributed by atoms with Crippen molar-refractivity contribution in [3.8, 4) is 11.1 Å². The second kappa shape index (κ2) is 9.60. The molecule has 1 atom stereocenters. The van der Waals surface area contributed by atoms with Crippen LogP contribution in [-0.2, 0) is 9.53 Å². The minimum Gasteiger partial charge on any atom is -0.384 e. The minimum absolute atomic E-state index is 0.137. The van der Waals surface area contributed by atoms with Crippen molar-refractivity contribution in [2.75, 3.05) is 33.9 Å². The molecule has 3 rings (SSSR count). The van der Waals surface area contributed by atoms with E-state index < -0.39 is 0 Å². The van der Waals surface area contributed by atoms with Crippen molar-refractivity contribution in [2.24, 2.45) is 0 Å². The number of ether oxygens (including phenoxy) is 1. The Hall–Kier alpha value is -2.80. The predicted molar refractivity (Wildman–Crippen MR) is 111 cm³/mol. The number of carbonyl (C=O) groups is 2. The third kappa shape index (κ3) is 5.17.